The van der Waals surface area contributed by atoms with Gasteiger partial charge < -0.3 is 0 Å². The van der Waals surface area contributed by atoms with E-state index < -0.39 is 0 Å². The summed E-state index contributed by atoms with van der Waals surface area (Å²) in [6.45, 7) is 6.50. The summed E-state index contributed by atoms with van der Waals surface area (Å²) in [5, 5.41) is 11.0. The summed E-state index contributed by atoms with van der Waals surface area (Å²) in [7, 11) is 0. The van der Waals surface area contributed by atoms with Crippen LogP contribution in [0.25, 0.3) is 0 Å². The van der Waals surface area contributed by atoms with E-state index in [1.165, 1.54) is 0 Å². The minimum atomic E-state index is 0.170. The highest BCUT2D eigenvalue weighted by Crippen LogP contribution is 2.24. The highest BCUT2D eigenvalue weighted by molar-refractivity contribution is 5.14. The van der Waals surface area contributed by atoms with Gasteiger partial charge in [-0.25, -0.2) is 0 Å². The Labute approximate surface area is 66.9 Å². The zero-order chi connectivity index (χ0) is 8.32. The lowest BCUT2D eigenvalue weighted by Gasteiger charge is -2.21. The van der Waals surface area contributed by atoms with E-state index in [-0.39, 0.29) is 5.41 Å². The molecule has 0 radical (unpaired) electrons. The standard InChI is InChI=1S/C8H13N3/c1-4-8(2,3)7-5-9-11-10-6-7/h5-6H,4H2,1-3H3. The molecule has 0 aromatic carbocycles. The molecule has 0 saturated heterocycles. The number of aromatic nitrogens is 3. The molecule has 0 atom stereocenters. The molecule has 3 heteroatoms. The van der Waals surface area contributed by atoms with Gasteiger partial charge in [-0.15, -0.1) is 10.2 Å². The van der Waals surface area contributed by atoms with Crippen LogP contribution < -0.4 is 0 Å². The third-order valence-electron chi connectivity index (χ3n) is 2.16. The van der Waals surface area contributed by atoms with Gasteiger partial charge >= 0.3 is 0 Å². The van der Waals surface area contributed by atoms with Crippen LogP contribution in [0.5, 0.6) is 0 Å². The van der Waals surface area contributed by atoms with Crippen LogP contribution in [0.3, 0.4) is 0 Å². The molecule has 1 aromatic heterocycles. The molecule has 0 aliphatic carbocycles. The Kier molecular flexibility index (Phi) is 2.17. The smallest absolute Gasteiger partial charge is 0.0567 e. The van der Waals surface area contributed by atoms with Crippen LogP contribution in [0.15, 0.2) is 12.4 Å². The van der Waals surface area contributed by atoms with Crippen molar-refractivity contribution in [2.45, 2.75) is 32.6 Å². The van der Waals surface area contributed by atoms with Gasteiger partial charge in [-0.1, -0.05) is 20.8 Å². The molecule has 3 nitrogen and oxygen atoms in total. The van der Waals surface area contributed by atoms with Crippen LogP contribution in [0, 0.1) is 0 Å². The number of rotatable bonds is 2. The Bertz CT molecular complexity index is 218. The van der Waals surface area contributed by atoms with Gasteiger partial charge in [-0.2, -0.15) is 0 Å². The minimum absolute atomic E-state index is 0.170. The minimum Gasteiger partial charge on any atom is -0.138 e. The highest BCUT2D eigenvalue weighted by atomic mass is 15.3. The Hall–Kier alpha value is -0.990. The molecule has 0 spiro atoms. The van der Waals surface area contributed by atoms with Gasteiger partial charge in [0.15, 0.2) is 0 Å². The summed E-state index contributed by atoms with van der Waals surface area (Å²) in [5.41, 5.74) is 1.32. The van der Waals surface area contributed by atoms with E-state index in [0.29, 0.717) is 0 Å². The van der Waals surface area contributed by atoms with Gasteiger partial charge in [0.25, 0.3) is 0 Å². The number of hydrogen-bond acceptors (Lipinski definition) is 3. The monoisotopic (exact) mass is 151 g/mol. The first-order valence-corrected chi connectivity index (χ1v) is 3.80. The van der Waals surface area contributed by atoms with Gasteiger partial charge in [0.05, 0.1) is 12.4 Å². The van der Waals surface area contributed by atoms with Gasteiger partial charge in [0.1, 0.15) is 0 Å². The van der Waals surface area contributed by atoms with Crippen LogP contribution in [0.4, 0.5) is 0 Å². The van der Waals surface area contributed by atoms with Crippen molar-refractivity contribution in [2.24, 2.45) is 0 Å². The third-order valence-corrected chi connectivity index (χ3v) is 2.16. The van der Waals surface area contributed by atoms with Crippen LogP contribution in [-0.4, -0.2) is 15.4 Å². The molecule has 60 valence electrons. The summed E-state index contributed by atoms with van der Waals surface area (Å²) in [6, 6.07) is 0. The molecule has 0 unspecified atom stereocenters. The van der Waals surface area contributed by atoms with Crippen LogP contribution in [-0.2, 0) is 5.41 Å². The van der Waals surface area contributed by atoms with Crippen LogP contribution >= 0.6 is 0 Å². The number of hydrogen-bond donors (Lipinski definition) is 0. The van der Waals surface area contributed by atoms with Crippen LogP contribution in [0.2, 0.25) is 0 Å². The molecule has 0 aliphatic rings. The number of nitrogens with zero attached hydrogens (tertiary/aromatic N) is 3. The topological polar surface area (TPSA) is 38.7 Å². The molecule has 0 bridgehead atoms. The molecular weight excluding hydrogens is 138 g/mol. The van der Waals surface area contributed by atoms with Crippen molar-refractivity contribution in [1.29, 1.82) is 0 Å². The first-order chi connectivity index (χ1) is 5.17. The van der Waals surface area contributed by atoms with Gasteiger partial charge in [-0.3, -0.25) is 0 Å². The van der Waals surface area contributed by atoms with Gasteiger partial charge in [0.2, 0.25) is 0 Å². The fourth-order valence-electron chi connectivity index (χ4n) is 0.793. The molecular formula is C8H13N3. The van der Waals surface area contributed by atoms with Crippen molar-refractivity contribution >= 4 is 0 Å². The summed E-state index contributed by atoms with van der Waals surface area (Å²) < 4.78 is 0. The van der Waals surface area contributed by atoms with Gasteiger partial charge in [-0.05, 0) is 22.6 Å². The Morgan fingerprint density at radius 1 is 1.27 bits per heavy atom. The summed E-state index contributed by atoms with van der Waals surface area (Å²) in [5.74, 6) is 0. The second-order valence-electron chi connectivity index (χ2n) is 3.27. The second-order valence-corrected chi connectivity index (χ2v) is 3.27. The van der Waals surface area contributed by atoms with E-state index >= 15 is 0 Å². The average molecular weight is 151 g/mol. The summed E-state index contributed by atoms with van der Waals surface area (Å²) in [4.78, 5) is 0. The van der Waals surface area contributed by atoms with Crippen molar-refractivity contribution in [3.63, 3.8) is 0 Å². The molecule has 0 N–H and O–H groups in total. The Morgan fingerprint density at radius 2 is 1.82 bits per heavy atom. The zero-order valence-corrected chi connectivity index (χ0v) is 7.20. The van der Waals surface area contributed by atoms with Crippen molar-refractivity contribution in [1.82, 2.24) is 15.4 Å². The molecule has 0 aliphatic heterocycles. The van der Waals surface area contributed by atoms with E-state index in [0.717, 1.165) is 12.0 Å². The average Bonchev–Trinajstić information content (AvgIpc) is 2.06. The highest BCUT2D eigenvalue weighted by Gasteiger charge is 2.18. The molecule has 1 rings (SSSR count). The predicted octanol–water partition coefficient (Wildman–Crippen LogP) is 1.56. The molecule has 1 aromatic rings. The van der Waals surface area contributed by atoms with E-state index in [9.17, 15) is 0 Å². The maximum atomic E-state index is 3.74. The van der Waals surface area contributed by atoms with E-state index in [1.54, 1.807) is 12.4 Å². The van der Waals surface area contributed by atoms with E-state index in [2.05, 4.69) is 36.2 Å². The Morgan fingerprint density at radius 3 is 2.27 bits per heavy atom. The van der Waals surface area contributed by atoms with E-state index in [1.807, 2.05) is 0 Å². The SMILES string of the molecule is CCC(C)(C)c1cnnnc1. The molecule has 0 saturated carbocycles. The lowest BCUT2D eigenvalue weighted by Crippen LogP contribution is -2.16. The lowest BCUT2D eigenvalue weighted by molar-refractivity contribution is 0.498. The molecule has 0 fully saturated rings. The lowest BCUT2D eigenvalue weighted by atomic mass is 9.84. The summed E-state index contributed by atoms with van der Waals surface area (Å²) >= 11 is 0. The van der Waals surface area contributed by atoms with Crippen molar-refractivity contribution < 1.29 is 0 Å². The fourth-order valence-corrected chi connectivity index (χ4v) is 0.793. The normalized spacial score (nSPS) is 11.5. The zero-order valence-electron chi connectivity index (χ0n) is 7.20. The third kappa shape index (κ3) is 1.73. The molecule has 1 heterocycles. The Balaban J connectivity index is 2.93. The van der Waals surface area contributed by atoms with Crippen molar-refractivity contribution in [3.8, 4) is 0 Å². The fraction of sp³-hybridized carbons (Fsp3) is 0.625. The van der Waals surface area contributed by atoms with Gasteiger partial charge in [0, 0.05) is 0 Å². The largest absolute Gasteiger partial charge is 0.138 e. The maximum Gasteiger partial charge on any atom is 0.0567 e. The maximum absolute atomic E-state index is 3.74. The first-order valence-electron chi connectivity index (χ1n) is 3.80. The van der Waals surface area contributed by atoms with E-state index in [4.69, 9.17) is 0 Å². The summed E-state index contributed by atoms with van der Waals surface area (Å²) in [6.07, 6.45) is 4.63. The molecule has 11 heavy (non-hydrogen) atoms. The first kappa shape index (κ1) is 8.11. The predicted molar refractivity (Wildman–Crippen MR) is 43.1 cm³/mol. The second kappa shape index (κ2) is 2.95. The molecule has 0 amide bonds. The van der Waals surface area contributed by atoms with Crippen molar-refractivity contribution in [3.05, 3.63) is 18.0 Å². The quantitative estimate of drug-likeness (QED) is 0.643. The van der Waals surface area contributed by atoms with Crippen LogP contribution in [0.1, 0.15) is 32.8 Å². The van der Waals surface area contributed by atoms with Crippen molar-refractivity contribution in [2.75, 3.05) is 0 Å².